The molecule has 2 aromatic rings. The van der Waals surface area contributed by atoms with Crippen LogP contribution in [0.3, 0.4) is 0 Å². The summed E-state index contributed by atoms with van der Waals surface area (Å²) in [6, 6.07) is 1.63. The van der Waals surface area contributed by atoms with E-state index in [1.165, 1.54) is 11.3 Å². The molecule has 0 fully saturated rings. The topological polar surface area (TPSA) is 74.1 Å². The zero-order valence-corrected chi connectivity index (χ0v) is 13.1. The van der Waals surface area contributed by atoms with E-state index in [2.05, 4.69) is 34.2 Å². The van der Waals surface area contributed by atoms with E-state index in [4.69, 9.17) is 9.47 Å². The first-order valence-electron chi connectivity index (χ1n) is 6.76. The van der Waals surface area contributed by atoms with Crippen LogP contribution in [0.2, 0.25) is 0 Å². The summed E-state index contributed by atoms with van der Waals surface area (Å²) in [5.74, 6) is 1.40. The molecule has 2 aromatic heterocycles. The average Bonchev–Trinajstić information content (AvgIpc) is 2.74. The van der Waals surface area contributed by atoms with E-state index in [1.807, 2.05) is 11.6 Å². The van der Waals surface area contributed by atoms with Crippen molar-refractivity contribution >= 4 is 5.95 Å². The van der Waals surface area contributed by atoms with Crippen molar-refractivity contribution in [3.8, 4) is 11.8 Å². The van der Waals surface area contributed by atoms with Crippen molar-refractivity contribution in [1.82, 2.24) is 19.7 Å². The number of hydrogen-bond donors (Lipinski definition) is 1. The van der Waals surface area contributed by atoms with Crippen molar-refractivity contribution in [2.24, 2.45) is 0 Å². The van der Waals surface area contributed by atoms with E-state index < -0.39 is 0 Å². The van der Waals surface area contributed by atoms with Gasteiger partial charge in [-0.05, 0) is 26.3 Å². The molecule has 0 atom stereocenters. The first-order chi connectivity index (χ1) is 10.0. The van der Waals surface area contributed by atoms with Gasteiger partial charge in [-0.1, -0.05) is 0 Å². The zero-order valence-electron chi connectivity index (χ0n) is 13.1. The molecule has 0 saturated carbocycles. The highest BCUT2D eigenvalue weighted by molar-refractivity contribution is 5.33. The summed E-state index contributed by atoms with van der Waals surface area (Å²) >= 11 is 0. The Labute approximate surface area is 124 Å². The summed E-state index contributed by atoms with van der Waals surface area (Å²) in [7, 11) is 3.12. The van der Waals surface area contributed by atoms with Crippen molar-refractivity contribution in [3.05, 3.63) is 23.0 Å². The van der Waals surface area contributed by atoms with Crippen molar-refractivity contribution in [2.75, 3.05) is 26.1 Å². The fourth-order valence-electron chi connectivity index (χ4n) is 1.97. The van der Waals surface area contributed by atoms with E-state index in [-0.39, 0.29) is 0 Å². The number of rotatable bonds is 6. The van der Waals surface area contributed by atoms with Crippen LogP contribution in [-0.2, 0) is 6.54 Å². The second-order valence-corrected chi connectivity index (χ2v) is 4.72. The summed E-state index contributed by atoms with van der Waals surface area (Å²) in [6.07, 6.45) is 0. The van der Waals surface area contributed by atoms with Gasteiger partial charge in [0.05, 0.1) is 32.5 Å². The van der Waals surface area contributed by atoms with Gasteiger partial charge in [0.1, 0.15) is 0 Å². The third-order valence-electron chi connectivity index (χ3n) is 3.45. The van der Waals surface area contributed by atoms with Crippen LogP contribution in [0.5, 0.6) is 11.8 Å². The summed E-state index contributed by atoms with van der Waals surface area (Å²) in [4.78, 5) is 8.44. The molecular formula is C14H21N5O2. The third-order valence-corrected chi connectivity index (χ3v) is 3.45. The van der Waals surface area contributed by atoms with Crippen molar-refractivity contribution in [2.45, 2.75) is 27.3 Å². The van der Waals surface area contributed by atoms with Crippen LogP contribution in [0.1, 0.15) is 17.0 Å². The molecule has 7 nitrogen and oxygen atoms in total. The van der Waals surface area contributed by atoms with E-state index in [0.717, 1.165) is 12.2 Å². The van der Waals surface area contributed by atoms with Crippen molar-refractivity contribution < 1.29 is 9.47 Å². The van der Waals surface area contributed by atoms with Gasteiger partial charge in [-0.2, -0.15) is 15.1 Å². The second kappa shape index (κ2) is 6.43. The molecule has 7 heteroatoms. The molecule has 0 spiro atoms. The Hall–Kier alpha value is -2.31. The number of methoxy groups -OCH3 is 2. The van der Waals surface area contributed by atoms with Crippen LogP contribution >= 0.6 is 0 Å². The molecule has 2 rings (SSSR count). The smallest absolute Gasteiger partial charge is 0.229 e. The number of nitrogens with zero attached hydrogens (tertiary/aromatic N) is 4. The van der Waals surface area contributed by atoms with Gasteiger partial charge in [0.25, 0.3) is 0 Å². The van der Waals surface area contributed by atoms with Crippen LogP contribution < -0.4 is 14.8 Å². The minimum absolute atomic E-state index is 0.464. The quantitative estimate of drug-likeness (QED) is 0.873. The lowest BCUT2D eigenvalue weighted by atomic mass is 10.2. The Morgan fingerprint density at radius 3 is 2.19 bits per heavy atom. The predicted molar refractivity (Wildman–Crippen MR) is 80.1 cm³/mol. The van der Waals surface area contributed by atoms with Gasteiger partial charge >= 0.3 is 0 Å². The average molecular weight is 291 g/mol. The molecule has 0 saturated heterocycles. The molecular weight excluding hydrogens is 270 g/mol. The molecule has 0 aromatic carbocycles. The molecule has 0 aliphatic rings. The molecule has 114 valence electrons. The van der Waals surface area contributed by atoms with Crippen LogP contribution in [0.15, 0.2) is 6.07 Å². The van der Waals surface area contributed by atoms with Gasteiger partial charge in [0.2, 0.25) is 17.7 Å². The Balaban J connectivity index is 2.01. The molecule has 0 radical (unpaired) electrons. The normalized spacial score (nSPS) is 10.5. The SMILES string of the molecule is COc1cc(OC)nc(NCCn2nc(C)c(C)c2C)n1. The maximum atomic E-state index is 5.11. The number of ether oxygens (including phenoxy) is 2. The predicted octanol–water partition coefficient (Wildman–Crippen LogP) is 1.73. The molecule has 0 bridgehead atoms. The molecule has 0 aliphatic carbocycles. The van der Waals surface area contributed by atoms with Crippen molar-refractivity contribution in [1.29, 1.82) is 0 Å². The summed E-state index contributed by atoms with van der Waals surface area (Å²) < 4.78 is 12.2. The molecule has 21 heavy (non-hydrogen) atoms. The Kier molecular flexibility index (Phi) is 4.62. The second-order valence-electron chi connectivity index (χ2n) is 4.72. The summed E-state index contributed by atoms with van der Waals surface area (Å²) in [5, 5.41) is 7.65. The highest BCUT2D eigenvalue weighted by atomic mass is 16.5. The lowest BCUT2D eigenvalue weighted by Gasteiger charge is -2.09. The monoisotopic (exact) mass is 291 g/mol. The first kappa shape index (κ1) is 15.1. The third kappa shape index (κ3) is 3.42. The number of hydrogen-bond acceptors (Lipinski definition) is 6. The first-order valence-corrected chi connectivity index (χ1v) is 6.76. The van der Waals surface area contributed by atoms with Crippen LogP contribution in [-0.4, -0.2) is 40.5 Å². The molecule has 0 unspecified atom stereocenters. The molecule has 0 amide bonds. The van der Waals surface area contributed by atoms with Gasteiger partial charge < -0.3 is 14.8 Å². The maximum Gasteiger partial charge on any atom is 0.229 e. The van der Waals surface area contributed by atoms with E-state index in [0.29, 0.717) is 24.3 Å². The Morgan fingerprint density at radius 1 is 1.10 bits per heavy atom. The maximum absolute atomic E-state index is 5.11. The number of anilines is 1. The highest BCUT2D eigenvalue weighted by Gasteiger charge is 2.08. The fourth-order valence-corrected chi connectivity index (χ4v) is 1.97. The lowest BCUT2D eigenvalue weighted by molar-refractivity contribution is 0.372. The molecule has 2 heterocycles. The lowest BCUT2D eigenvalue weighted by Crippen LogP contribution is -2.14. The molecule has 1 N–H and O–H groups in total. The largest absolute Gasteiger partial charge is 0.481 e. The Bertz CT molecular complexity index is 602. The van der Waals surface area contributed by atoms with Gasteiger partial charge in [-0.25, -0.2) is 0 Å². The zero-order chi connectivity index (χ0) is 15.4. The summed E-state index contributed by atoms with van der Waals surface area (Å²) in [6.45, 7) is 7.57. The number of nitrogens with one attached hydrogen (secondary N) is 1. The standard InChI is InChI=1S/C14H21N5O2/c1-9-10(2)18-19(11(9)3)7-6-15-14-16-12(20-4)8-13(17-14)21-5/h8H,6-7H2,1-5H3,(H,15,16,17). The number of aromatic nitrogens is 4. The molecule has 0 aliphatic heterocycles. The fraction of sp³-hybridized carbons (Fsp3) is 0.500. The van der Waals surface area contributed by atoms with E-state index in [1.54, 1.807) is 20.3 Å². The number of aryl methyl sites for hydroxylation is 1. The van der Waals surface area contributed by atoms with Crippen molar-refractivity contribution in [3.63, 3.8) is 0 Å². The van der Waals surface area contributed by atoms with E-state index in [9.17, 15) is 0 Å². The van der Waals surface area contributed by atoms with Gasteiger partial charge in [0.15, 0.2) is 0 Å². The van der Waals surface area contributed by atoms with Crippen LogP contribution in [0, 0.1) is 20.8 Å². The highest BCUT2D eigenvalue weighted by Crippen LogP contribution is 2.17. The van der Waals surface area contributed by atoms with Gasteiger partial charge in [-0.3, -0.25) is 4.68 Å². The van der Waals surface area contributed by atoms with E-state index >= 15 is 0 Å². The van der Waals surface area contributed by atoms with Gasteiger partial charge in [0, 0.05) is 12.2 Å². The van der Waals surface area contributed by atoms with Crippen LogP contribution in [0.4, 0.5) is 5.95 Å². The minimum atomic E-state index is 0.464. The minimum Gasteiger partial charge on any atom is -0.481 e. The summed E-state index contributed by atoms with van der Waals surface area (Å²) in [5.41, 5.74) is 3.47. The van der Waals surface area contributed by atoms with Crippen LogP contribution in [0.25, 0.3) is 0 Å². The van der Waals surface area contributed by atoms with Gasteiger partial charge in [-0.15, -0.1) is 0 Å². The Morgan fingerprint density at radius 2 is 1.71 bits per heavy atom.